The van der Waals surface area contributed by atoms with Gasteiger partial charge in [0, 0.05) is 91.0 Å². The van der Waals surface area contributed by atoms with Gasteiger partial charge >= 0.3 is 29.8 Å². The number of carbonyl (C=O) groups is 6. The van der Waals surface area contributed by atoms with E-state index in [-0.39, 0.29) is 25.2 Å². The molecule has 72 heavy (non-hydrogen) atoms. The largest absolute Gasteiger partial charge is 0.463 e. The third kappa shape index (κ3) is 15.9. The summed E-state index contributed by atoms with van der Waals surface area (Å²) in [6.45, 7) is 4.36. The molecule has 0 aromatic heterocycles. The van der Waals surface area contributed by atoms with Gasteiger partial charge in [-0.2, -0.15) is 0 Å². The average Bonchev–Trinajstić information content (AvgIpc) is 3.33. The van der Waals surface area contributed by atoms with Crippen LogP contribution in [-0.4, -0.2) is 247 Å². The van der Waals surface area contributed by atoms with E-state index in [4.69, 9.17) is 94.7 Å². The first kappa shape index (κ1) is 60.9. The molecule has 20 atom stereocenters. The molecule has 0 aromatic rings. The number of aliphatic hydroxyl groups excluding tert-OH is 1. The Morgan fingerprint density at radius 1 is 0.361 bits per heavy atom. The molecule has 0 amide bonds. The molecule has 414 valence electrons. The fourth-order valence-corrected chi connectivity index (χ4v) is 8.85. The highest BCUT2D eigenvalue weighted by Gasteiger charge is 2.58. The minimum Gasteiger partial charge on any atom is -0.463 e. The van der Waals surface area contributed by atoms with Crippen molar-refractivity contribution >= 4 is 35.6 Å². The van der Waals surface area contributed by atoms with Crippen LogP contribution in [0.15, 0.2) is 0 Å². The molecule has 4 fully saturated rings. The van der Waals surface area contributed by atoms with Gasteiger partial charge in [0.25, 0.3) is 0 Å². The van der Waals surface area contributed by atoms with Crippen LogP contribution in [0.25, 0.3) is 0 Å². The molecule has 27 heteroatoms. The minimum atomic E-state index is -1.51. The fourth-order valence-electron chi connectivity index (χ4n) is 8.85. The predicted molar refractivity (Wildman–Crippen MR) is 234 cm³/mol. The van der Waals surface area contributed by atoms with Crippen molar-refractivity contribution in [1.82, 2.24) is 0 Å². The molecule has 0 spiro atoms. The summed E-state index contributed by atoms with van der Waals surface area (Å²) in [5, 5.41) is 10.8. The van der Waals surface area contributed by atoms with Gasteiger partial charge in [-0.3, -0.25) is 24.0 Å². The molecule has 4 saturated heterocycles. The third-order valence-corrected chi connectivity index (χ3v) is 12.2. The first-order valence-electron chi connectivity index (χ1n) is 23.0. The number of carbonyl (C=O) groups excluding carboxylic acids is 6. The molecule has 4 aliphatic rings. The Hall–Kier alpha value is -3.62. The quantitative estimate of drug-likeness (QED) is 0.0776. The second kappa shape index (κ2) is 29.5. The van der Waals surface area contributed by atoms with Crippen LogP contribution in [0.4, 0.5) is 0 Å². The van der Waals surface area contributed by atoms with Crippen LogP contribution in [-0.2, 0) is 124 Å². The standard InChI is InChI=1S/C45H72O27/c1-20(46)14-15-29(51)69-30-26(17-62-22(3)48)66-43(39(58-11)35(30)54-7)71-32-28(19-64-24(5)50)68-45(41(60-13)37(32)56-9)72-33-27(18-63-23(4)49)67-44(40(59-12)36(33)55-8)70-31-25(16-61-21(2)47)65-42(52)38(57-10)34(31)53-6/h25-28,30-45,52H,14-19H2,1-13H3/t25-,26-,27-,28-,30-,31-,32-,33-,34+,35+,36+,37+,38-,39-,40-,41-,42+,43-,44-,45-/m1/s1. The lowest BCUT2D eigenvalue weighted by Gasteiger charge is -2.51. The van der Waals surface area contributed by atoms with E-state index in [2.05, 4.69) is 0 Å². The topological polar surface area (TPSA) is 307 Å². The van der Waals surface area contributed by atoms with Gasteiger partial charge in [0.15, 0.2) is 31.3 Å². The molecule has 0 bridgehead atoms. The van der Waals surface area contributed by atoms with Crippen molar-refractivity contribution in [3.8, 4) is 0 Å². The molecule has 0 unspecified atom stereocenters. The van der Waals surface area contributed by atoms with Gasteiger partial charge in [-0.15, -0.1) is 0 Å². The van der Waals surface area contributed by atoms with Crippen molar-refractivity contribution in [2.75, 3.05) is 83.3 Å². The van der Waals surface area contributed by atoms with Crippen LogP contribution in [0, 0.1) is 0 Å². The van der Waals surface area contributed by atoms with E-state index in [1.165, 1.54) is 91.5 Å². The van der Waals surface area contributed by atoms with Gasteiger partial charge in [-0.05, 0) is 6.92 Å². The van der Waals surface area contributed by atoms with E-state index in [9.17, 15) is 33.9 Å². The van der Waals surface area contributed by atoms with E-state index in [0.717, 1.165) is 0 Å². The van der Waals surface area contributed by atoms with Crippen molar-refractivity contribution in [1.29, 1.82) is 0 Å². The first-order valence-corrected chi connectivity index (χ1v) is 23.0. The lowest BCUT2D eigenvalue weighted by Crippen LogP contribution is -2.68. The van der Waals surface area contributed by atoms with Crippen LogP contribution in [0.3, 0.4) is 0 Å². The SMILES string of the molecule is CO[C@@H]1[C@@H](OC)[C@@H](O)O[C@H](COC(C)=O)[C@H]1O[C@H]1O[C@H](COC(C)=O)[C@@H](O[C@H]2O[C@H](COC(C)=O)[C@@H](O[C@H]3O[C@H](COC(C)=O)[C@@H](OC(=O)CCC(C)=O)[C@H](OC)[C@H]3OC)[C@H](OC)[C@H]2OC)[C@H](OC)[C@H]1OC. The van der Waals surface area contributed by atoms with Gasteiger partial charge in [0.1, 0.15) is 124 Å². The molecular weight excluding hydrogens is 972 g/mol. The van der Waals surface area contributed by atoms with Crippen molar-refractivity contribution in [2.24, 2.45) is 0 Å². The van der Waals surface area contributed by atoms with Gasteiger partial charge in [0.2, 0.25) is 0 Å². The molecule has 0 saturated carbocycles. The van der Waals surface area contributed by atoms with Gasteiger partial charge in [0.05, 0.1) is 6.42 Å². The molecule has 4 aliphatic heterocycles. The zero-order chi connectivity index (χ0) is 53.4. The Morgan fingerprint density at radius 3 is 0.931 bits per heavy atom. The number of rotatable bonds is 26. The van der Waals surface area contributed by atoms with Crippen molar-refractivity contribution in [3.63, 3.8) is 0 Å². The van der Waals surface area contributed by atoms with Crippen LogP contribution in [0.1, 0.15) is 47.5 Å². The summed E-state index contributed by atoms with van der Waals surface area (Å²) in [5.41, 5.74) is 0. The van der Waals surface area contributed by atoms with Crippen LogP contribution < -0.4 is 0 Å². The number of ether oxygens (including phenoxy) is 20. The third-order valence-electron chi connectivity index (χ3n) is 12.2. The van der Waals surface area contributed by atoms with Crippen molar-refractivity contribution in [2.45, 2.75) is 170 Å². The number of hydrogen-bond donors (Lipinski definition) is 1. The molecular formula is C45H72O27. The summed E-state index contributed by atoms with van der Waals surface area (Å²) in [6.07, 6.45) is -24.9. The number of aliphatic hydroxyl groups is 1. The van der Waals surface area contributed by atoms with E-state index >= 15 is 0 Å². The number of esters is 5. The summed E-state index contributed by atoms with van der Waals surface area (Å²) >= 11 is 0. The smallest absolute Gasteiger partial charge is 0.306 e. The van der Waals surface area contributed by atoms with Crippen LogP contribution >= 0.6 is 0 Å². The molecule has 4 rings (SSSR count). The lowest BCUT2D eigenvalue weighted by atomic mass is 9.95. The fraction of sp³-hybridized carbons (Fsp3) is 0.867. The maximum atomic E-state index is 13.0. The summed E-state index contributed by atoms with van der Waals surface area (Å²) in [7, 11) is 10.7. The Kier molecular flexibility index (Phi) is 24.9. The zero-order valence-electron chi connectivity index (χ0n) is 42.9. The van der Waals surface area contributed by atoms with E-state index in [1.807, 2.05) is 0 Å². The molecule has 0 aromatic carbocycles. The Bertz CT molecular complexity index is 1740. The number of hydrogen-bond acceptors (Lipinski definition) is 27. The highest BCUT2D eigenvalue weighted by molar-refractivity contribution is 5.81. The molecule has 0 aliphatic carbocycles. The highest BCUT2D eigenvalue weighted by Crippen LogP contribution is 2.38. The number of methoxy groups -OCH3 is 8. The molecule has 4 heterocycles. The first-order chi connectivity index (χ1) is 34.3. The zero-order valence-corrected chi connectivity index (χ0v) is 42.9. The summed E-state index contributed by atoms with van der Waals surface area (Å²) in [4.78, 5) is 73.2. The maximum absolute atomic E-state index is 13.0. The van der Waals surface area contributed by atoms with E-state index in [0.29, 0.717) is 0 Å². The normalized spacial score (nSPS) is 37.0. The van der Waals surface area contributed by atoms with Gasteiger partial charge in [-0.1, -0.05) is 0 Å². The van der Waals surface area contributed by atoms with Gasteiger partial charge in [-0.25, -0.2) is 0 Å². The average molecular weight is 1050 g/mol. The van der Waals surface area contributed by atoms with Crippen LogP contribution in [0.5, 0.6) is 0 Å². The summed E-state index contributed by atoms with van der Waals surface area (Å²) in [6, 6.07) is 0. The maximum Gasteiger partial charge on any atom is 0.306 e. The number of Topliss-reactive ketones (excluding diaryl/α,β-unsaturated/α-hetero) is 1. The van der Waals surface area contributed by atoms with Crippen molar-refractivity contribution < 1.29 is 129 Å². The molecule has 1 N–H and O–H groups in total. The highest BCUT2D eigenvalue weighted by atomic mass is 16.8. The van der Waals surface area contributed by atoms with Crippen molar-refractivity contribution in [3.05, 3.63) is 0 Å². The Balaban J connectivity index is 1.71. The minimum absolute atomic E-state index is 0.0871. The predicted octanol–water partition coefficient (Wildman–Crippen LogP) is -1.31. The summed E-state index contributed by atoms with van der Waals surface area (Å²) in [5.74, 6) is -3.66. The molecule has 0 radical (unpaired) electrons. The summed E-state index contributed by atoms with van der Waals surface area (Å²) < 4.78 is 119. The van der Waals surface area contributed by atoms with E-state index < -0.39 is 172 Å². The lowest BCUT2D eigenvalue weighted by molar-refractivity contribution is -0.393. The van der Waals surface area contributed by atoms with Gasteiger partial charge < -0.3 is 105 Å². The van der Waals surface area contributed by atoms with Crippen LogP contribution in [0.2, 0.25) is 0 Å². The molecule has 27 nitrogen and oxygen atoms in total. The Labute approximate surface area is 417 Å². The Morgan fingerprint density at radius 2 is 0.639 bits per heavy atom. The second-order valence-corrected chi connectivity index (χ2v) is 17.0. The van der Waals surface area contributed by atoms with E-state index in [1.54, 1.807) is 0 Å². The monoisotopic (exact) mass is 1040 g/mol. The second-order valence-electron chi connectivity index (χ2n) is 17.0. The number of ketones is 1.